The van der Waals surface area contributed by atoms with E-state index in [9.17, 15) is 9.36 Å². The number of carbonyl (C=O) groups is 1. The van der Waals surface area contributed by atoms with E-state index in [0.717, 1.165) is 6.42 Å². The van der Waals surface area contributed by atoms with E-state index in [1.807, 2.05) is 13.8 Å². The number of rotatable bonds is 9. The van der Waals surface area contributed by atoms with E-state index in [2.05, 4.69) is 5.32 Å². The van der Waals surface area contributed by atoms with Gasteiger partial charge in [0, 0.05) is 21.5 Å². The topological polar surface area (TPSA) is 64.6 Å². The van der Waals surface area contributed by atoms with Gasteiger partial charge in [-0.2, -0.15) is 0 Å². The number of hydrogen-bond donors (Lipinski definition) is 1. The third kappa shape index (κ3) is 6.89. The molecule has 0 saturated heterocycles. The number of nitrogens with one attached hydrogen (secondary N) is 1. The molecule has 0 aliphatic carbocycles. The lowest BCUT2D eigenvalue weighted by Crippen LogP contribution is -2.11. The van der Waals surface area contributed by atoms with Crippen molar-refractivity contribution in [2.75, 3.05) is 11.9 Å². The Kier molecular flexibility index (Phi) is 8.24. The lowest BCUT2D eigenvalue weighted by atomic mass is 10.2. The zero-order valence-corrected chi connectivity index (χ0v) is 17.9. The summed E-state index contributed by atoms with van der Waals surface area (Å²) in [5.41, 5.74) is 1.11. The lowest BCUT2D eigenvalue weighted by Gasteiger charge is -2.20. The molecule has 0 spiro atoms. The molecule has 2 rings (SSSR count). The van der Waals surface area contributed by atoms with Crippen molar-refractivity contribution < 1.29 is 18.4 Å². The summed E-state index contributed by atoms with van der Waals surface area (Å²) in [7, 11) is 0. The van der Waals surface area contributed by atoms with Crippen LogP contribution in [0.5, 0.6) is 5.75 Å². The van der Waals surface area contributed by atoms with E-state index in [1.165, 1.54) is 11.4 Å². The molecule has 2 aromatic carbocycles. The van der Waals surface area contributed by atoms with Crippen LogP contribution in [0.25, 0.3) is 0 Å². The maximum Gasteiger partial charge on any atom is 0.440 e. The number of hydrogen-bond acceptors (Lipinski definition) is 5. The van der Waals surface area contributed by atoms with Crippen LogP contribution in [0.3, 0.4) is 0 Å². The van der Waals surface area contributed by atoms with E-state index in [-0.39, 0.29) is 11.2 Å². The van der Waals surface area contributed by atoms with Crippen molar-refractivity contribution in [2.45, 2.75) is 32.4 Å². The molecule has 0 aliphatic rings. The van der Waals surface area contributed by atoms with E-state index >= 15 is 0 Å². The summed E-state index contributed by atoms with van der Waals surface area (Å²) in [5.74, 6) is 0.180. The molecule has 2 aromatic rings. The number of carbonyl (C=O) groups excluding carboxylic acids is 1. The molecule has 0 heterocycles. The van der Waals surface area contributed by atoms with Crippen LogP contribution in [0.1, 0.15) is 37.6 Å². The first-order chi connectivity index (χ1) is 12.8. The molecular formula is C19H23ClNO4PS. The van der Waals surface area contributed by atoms with Crippen molar-refractivity contribution in [2.24, 2.45) is 0 Å². The summed E-state index contributed by atoms with van der Waals surface area (Å²) < 4.78 is 23.9. The maximum absolute atomic E-state index is 12.9. The highest BCUT2D eigenvalue weighted by Gasteiger charge is 2.29. The molecule has 1 N–H and O–H groups in total. The fourth-order valence-corrected chi connectivity index (χ4v) is 6.29. The van der Waals surface area contributed by atoms with Gasteiger partial charge in [0.05, 0.1) is 6.61 Å². The fraction of sp³-hybridized carbons (Fsp3) is 0.316. The standard InChI is InChI=1S/C19H23ClNO4PS/c1-4-14(3)27-26(23,24-5-2)25-18-12-10-17(11-13-18)21-19(22)15-6-8-16(20)9-7-15/h6-14H,4-5H2,1-3H3,(H,21,22). The van der Waals surface area contributed by atoms with Crippen molar-refractivity contribution in [1.29, 1.82) is 0 Å². The first-order valence-electron chi connectivity index (χ1n) is 8.64. The van der Waals surface area contributed by atoms with Gasteiger partial charge in [0.2, 0.25) is 0 Å². The highest BCUT2D eigenvalue weighted by Crippen LogP contribution is 2.62. The Morgan fingerprint density at radius 3 is 2.33 bits per heavy atom. The molecule has 146 valence electrons. The predicted octanol–water partition coefficient (Wildman–Crippen LogP) is 6.65. The highest BCUT2D eigenvalue weighted by molar-refractivity contribution is 8.55. The van der Waals surface area contributed by atoms with Crippen molar-refractivity contribution in [1.82, 2.24) is 0 Å². The maximum atomic E-state index is 12.9. The fourth-order valence-electron chi connectivity index (χ4n) is 2.06. The van der Waals surface area contributed by atoms with Gasteiger partial charge in [-0.05, 0) is 73.3 Å². The Bertz CT molecular complexity index is 798. The van der Waals surface area contributed by atoms with Crippen molar-refractivity contribution in [3.8, 4) is 5.75 Å². The Morgan fingerprint density at radius 1 is 1.15 bits per heavy atom. The zero-order valence-electron chi connectivity index (χ0n) is 15.5. The van der Waals surface area contributed by atoms with Crippen LogP contribution in [0.2, 0.25) is 5.02 Å². The molecule has 8 heteroatoms. The number of anilines is 1. The first kappa shape index (κ1) is 21.8. The van der Waals surface area contributed by atoms with Crippen molar-refractivity contribution in [3.63, 3.8) is 0 Å². The normalized spacial score (nSPS) is 14.2. The number of benzene rings is 2. The molecule has 1 amide bonds. The SMILES string of the molecule is CCOP(=O)(Oc1ccc(NC(=O)c2ccc(Cl)cc2)cc1)SC(C)CC. The summed E-state index contributed by atoms with van der Waals surface area (Å²) in [6.45, 7) is 2.79. The molecule has 5 nitrogen and oxygen atoms in total. The average molecular weight is 428 g/mol. The Labute approximate surface area is 169 Å². The van der Waals surface area contributed by atoms with Crippen LogP contribution in [0.4, 0.5) is 5.69 Å². The van der Waals surface area contributed by atoms with E-state index in [0.29, 0.717) is 28.6 Å². The lowest BCUT2D eigenvalue weighted by molar-refractivity contribution is 0.102. The van der Waals surface area contributed by atoms with Gasteiger partial charge in [-0.1, -0.05) is 25.4 Å². The van der Waals surface area contributed by atoms with Gasteiger partial charge < -0.3 is 9.84 Å². The van der Waals surface area contributed by atoms with Gasteiger partial charge >= 0.3 is 6.80 Å². The Hall–Kier alpha value is -1.46. The van der Waals surface area contributed by atoms with Gasteiger partial charge in [-0.3, -0.25) is 9.32 Å². The molecule has 0 saturated carbocycles. The second-order valence-corrected chi connectivity index (χ2v) is 10.5. The largest absolute Gasteiger partial charge is 0.440 e. The molecule has 0 radical (unpaired) electrons. The molecule has 27 heavy (non-hydrogen) atoms. The van der Waals surface area contributed by atoms with Crippen molar-refractivity contribution in [3.05, 3.63) is 59.1 Å². The minimum Gasteiger partial charge on any atom is -0.417 e. The molecule has 2 unspecified atom stereocenters. The monoisotopic (exact) mass is 427 g/mol. The van der Waals surface area contributed by atoms with Crippen LogP contribution in [-0.4, -0.2) is 17.8 Å². The quantitative estimate of drug-likeness (QED) is 0.454. The molecule has 0 aromatic heterocycles. The van der Waals surface area contributed by atoms with Gasteiger partial charge in [0.15, 0.2) is 0 Å². The summed E-state index contributed by atoms with van der Waals surface area (Å²) in [5, 5.41) is 3.52. The average Bonchev–Trinajstić information content (AvgIpc) is 2.63. The third-order valence-electron chi connectivity index (χ3n) is 3.61. The van der Waals surface area contributed by atoms with Gasteiger partial charge in [-0.15, -0.1) is 0 Å². The van der Waals surface area contributed by atoms with Crippen LogP contribution in [-0.2, 0) is 9.09 Å². The summed E-state index contributed by atoms with van der Waals surface area (Å²) in [6.07, 6.45) is 0.862. The van der Waals surface area contributed by atoms with E-state index < -0.39 is 6.80 Å². The van der Waals surface area contributed by atoms with Gasteiger partial charge in [0.1, 0.15) is 5.75 Å². The van der Waals surface area contributed by atoms with Crippen LogP contribution in [0, 0.1) is 0 Å². The smallest absolute Gasteiger partial charge is 0.417 e. The molecule has 2 atom stereocenters. The second-order valence-electron chi connectivity index (χ2n) is 5.77. The highest BCUT2D eigenvalue weighted by atomic mass is 35.5. The van der Waals surface area contributed by atoms with Gasteiger partial charge in [0.25, 0.3) is 5.91 Å². The molecule has 0 aliphatic heterocycles. The van der Waals surface area contributed by atoms with Crippen LogP contribution >= 0.6 is 29.8 Å². The number of halogens is 1. The molecule has 0 bridgehead atoms. The van der Waals surface area contributed by atoms with Crippen molar-refractivity contribution >= 4 is 41.4 Å². The minimum atomic E-state index is -3.29. The predicted molar refractivity (Wildman–Crippen MR) is 113 cm³/mol. The van der Waals surface area contributed by atoms with Gasteiger partial charge in [-0.25, -0.2) is 4.57 Å². The van der Waals surface area contributed by atoms with E-state index in [4.69, 9.17) is 20.6 Å². The summed E-state index contributed by atoms with van der Waals surface area (Å²) in [6, 6.07) is 13.3. The Balaban J connectivity index is 2.04. The second kappa shape index (κ2) is 10.2. The number of amides is 1. The minimum absolute atomic E-state index is 0.153. The molecule has 0 fully saturated rings. The Morgan fingerprint density at radius 2 is 1.78 bits per heavy atom. The third-order valence-corrected chi connectivity index (χ3v) is 8.21. The first-order valence-corrected chi connectivity index (χ1v) is 12.0. The van der Waals surface area contributed by atoms with Crippen LogP contribution in [0.15, 0.2) is 48.5 Å². The summed E-state index contributed by atoms with van der Waals surface area (Å²) >= 11 is 7.04. The summed E-state index contributed by atoms with van der Waals surface area (Å²) in [4.78, 5) is 12.2. The van der Waals surface area contributed by atoms with Crippen LogP contribution < -0.4 is 9.84 Å². The zero-order chi connectivity index (χ0) is 19.9. The molecular weight excluding hydrogens is 405 g/mol. The van der Waals surface area contributed by atoms with E-state index in [1.54, 1.807) is 55.5 Å².